The van der Waals surface area contributed by atoms with Gasteiger partial charge in [0, 0.05) is 17.6 Å². The lowest BCUT2D eigenvalue weighted by Crippen LogP contribution is -2.14. The molecule has 0 aliphatic carbocycles. The summed E-state index contributed by atoms with van der Waals surface area (Å²) in [6.45, 7) is 0. The maximum absolute atomic E-state index is 11.9. The Morgan fingerprint density at radius 3 is 2.50 bits per heavy atom. The summed E-state index contributed by atoms with van der Waals surface area (Å²) in [4.78, 5) is 16.1. The smallest absolute Gasteiger partial charge is 0.252 e. The normalized spacial score (nSPS) is 10.6. The van der Waals surface area contributed by atoms with Crippen molar-refractivity contribution in [2.45, 2.75) is 0 Å². The summed E-state index contributed by atoms with van der Waals surface area (Å²) < 4.78 is 10.6. The van der Waals surface area contributed by atoms with Gasteiger partial charge in [0.15, 0.2) is 0 Å². The molecule has 6 nitrogen and oxygen atoms in total. The standard InChI is InChI=1S/C18H15Cl2N3O3/c1-25-9-3-4-14(16(5-9)26-2)23-17-10-6-12(19)13(20)7-15(10)22-8-11(17)18(21)24/h3-8H,1-2H3,(H2,21,24)(H,22,23). The van der Waals surface area contributed by atoms with Gasteiger partial charge in [0.05, 0.1) is 46.7 Å². The van der Waals surface area contributed by atoms with Crippen LogP contribution in [-0.2, 0) is 0 Å². The number of benzene rings is 2. The Balaban J connectivity index is 2.21. The lowest BCUT2D eigenvalue weighted by atomic mass is 10.1. The number of ether oxygens (including phenoxy) is 2. The third-order valence-corrected chi connectivity index (χ3v) is 4.57. The van der Waals surface area contributed by atoms with E-state index in [-0.39, 0.29) is 5.56 Å². The Hall–Kier alpha value is -2.70. The van der Waals surface area contributed by atoms with Crippen LogP contribution in [0.25, 0.3) is 10.9 Å². The molecule has 3 rings (SSSR count). The van der Waals surface area contributed by atoms with E-state index in [4.69, 9.17) is 38.4 Å². The number of amides is 1. The molecule has 0 saturated heterocycles. The van der Waals surface area contributed by atoms with Gasteiger partial charge in [-0.1, -0.05) is 23.2 Å². The molecular weight excluding hydrogens is 377 g/mol. The van der Waals surface area contributed by atoms with Crippen LogP contribution in [0.1, 0.15) is 10.4 Å². The Kier molecular flexibility index (Phi) is 5.06. The van der Waals surface area contributed by atoms with Gasteiger partial charge in [-0.05, 0) is 24.3 Å². The molecule has 0 saturated carbocycles. The zero-order valence-corrected chi connectivity index (χ0v) is 15.5. The Morgan fingerprint density at radius 1 is 1.12 bits per heavy atom. The first-order valence-electron chi connectivity index (χ1n) is 7.51. The molecule has 0 atom stereocenters. The Morgan fingerprint density at radius 2 is 1.85 bits per heavy atom. The van der Waals surface area contributed by atoms with Crippen molar-refractivity contribution in [2.75, 3.05) is 19.5 Å². The van der Waals surface area contributed by atoms with Gasteiger partial charge in [-0.25, -0.2) is 0 Å². The van der Waals surface area contributed by atoms with Crippen molar-refractivity contribution in [3.63, 3.8) is 0 Å². The minimum Gasteiger partial charge on any atom is -0.497 e. The highest BCUT2D eigenvalue weighted by Crippen LogP contribution is 2.37. The van der Waals surface area contributed by atoms with E-state index in [0.717, 1.165) is 0 Å². The van der Waals surface area contributed by atoms with Gasteiger partial charge in [-0.3, -0.25) is 9.78 Å². The number of carbonyl (C=O) groups is 1. The average Bonchev–Trinajstić information content (AvgIpc) is 2.63. The molecule has 134 valence electrons. The summed E-state index contributed by atoms with van der Waals surface area (Å²) in [6, 6.07) is 8.52. The number of aromatic nitrogens is 1. The van der Waals surface area contributed by atoms with E-state index < -0.39 is 5.91 Å². The second-order valence-electron chi connectivity index (χ2n) is 5.39. The number of pyridine rings is 1. The number of rotatable bonds is 5. The molecule has 3 N–H and O–H groups in total. The molecule has 1 heterocycles. The molecule has 0 fully saturated rings. The first-order chi connectivity index (χ1) is 12.4. The highest BCUT2D eigenvalue weighted by molar-refractivity contribution is 6.43. The van der Waals surface area contributed by atoms with Crippen LogP contribution in [0.3, 0.4) is 0 Å². The van der Waals surface area contributed by atoms with Crippen LogP contribution in [0.2, 0.25) is 10.0 Å². The maximum atomic E-state index is 11.9. The van der Waals surface area contributed by atoms with Crippen molar-refractivity contribution in [1.29, 1.82) is 0 Å². The van der Waals surface area contributed by atoms with Gasteiger partial charge in [0.2, 0.25) is 0 Å². The van der Waals surface area contributed by atoms with Crippen LogP contribution >= 0.6 is 23.2 Å². The van der Waals surface area contributed by atoms with Gasteiger partial charge in [-0.2, -0.15) is 0 Å². The summed E-state index contributed by atoms with van der Waals surface area (Å²) in [7, 11) is 3.10. The van der Waals surface area contributed by atoms with Gasteiger partial charge < -0.3 is 20.5 Å². The minimum absolute atomic E-state index is 0.216. The van der Waals surface area contributed by atoms with E-state index in [9.17, 15) is 4.79 Å². The number of nitrogens with zero attached hydrogens (tertiary/aromatic N) is 1. The van der Waals surface area contributed by atoms with E-state index >= 15 is 0 Å². The number of hydrogen-bond donors (Lipinski definition) is 2. The van der Waals surface area contributed by atoms with Crippen LogP contribution in [0, 0.1) is 0 Å². The average molecular weight is 392 g/mol. The monoisotopic (exact) mass is 391 g/mol. The molecule has 0 unspecified atom stereocenters. The third kappa shape index (κ3) is 3.34. The second kappa shape index (κ2) is 7.27. The number of primary amides is 1. The van der Waals surface area contributed by atoms with Crippen LogP contribution in [0.15, 0.2) is 36.5 Å². The Labute approximate surface area is 159 Å². The third-order valence-electron chi connectivity index (χ3n) is 3.84. The summed E-state index contributed by atoms with van der Waals surface area (Å²) in [5.74, 6) is 0.544. The van der Waals surface area contributed by atoms with Gasteiger partial charge in [-0.15, -0.1) is 0 Å². The topological polar surface area (TPSA) is 86.5 Å². The minimum atomic E-state index is -0.625. The van der Waals surface area contributed by atoms with E-state index in [1.54, 1.807) is 37.4 Å². The first-order valence-corrected chi connectivity index (χ1v) is 8.26. The zero-order chi connectivity index (χ0) is 18.8. The summed E-state index contributed by atoms with van der Waals surface area (Å²) >= 11 is 12.2. The van der Waals surface area contributed by atoms with Crippen molar-refractivity contribution in [1.82, 2.24) is 4.98 Å². The first kappa shape index (κ1) is 18.1. The van der Waals surface area contributed by atoms with Crippen LogP contribution in [0.4, 0.5) is 11.4 Å². The predicted molar refractivity (Wildman–Crippen MR) is 103 cm³/mol. The largest absolute Gasteiger partial charge is 0.497 e. The number of anilines is 2. The molecule has 2 aromatic carbocycles. The second-order valence-corrected chi connectivity index (χ2v) is 6.20. The van der Waals surface area contributed by atoms with Crippen LogP contribution in [0.5, 0.6) is 11.5 Å². The lowest BCUT2D eigenvalue weighted by Gasteiger charge is -2.16. The van der Waals surface area contributed by atoms with Gasteiger partial charge in [0.25, 0.3) is 5.91 Å². The number of halogens is 2. The number of methoxy groups -OCH3 is 2. The zero-order valence-electron chi connectivity index (χ0n) is 14.0. The molecule has 0 bridgehead atoms. The molecule has 0 aliphatic heterocycles. The molecular formula is C18H15Cl2N3O3. The van der Waals surface area contributed by atoms with Crippen molar-refractivity contribution in [2.24, 2.45) is 5.73 Å². The summed E-state index contributed by atoms with van der Waals surface area (Å²) in [5.41, 5.74) is 7.38. The molecule has 3 aromatic rings. The van der Waals surface area contributed by atoms with Crippen molar-refractivity contribution < 1.29 is 14.3 Å². The van der Waals surface area contributed by atoms with Gasteiger partial charge >= 0.3 is 0 Å². The molecule has 0 spiro atoms. The maximum Gasteiger partial charge on any atom is 0.252 e. The summed E-state index contributed by atoms with van der Waals surface area (Å²) in [5, 5.41) is 4.50. The van der Waals surface area contributed by atoms with Crippen molar-refractivity contribution >= 4 is 51.4 Å². The van der Waals surface area contributed by atoms with Crippen molar-refractivity contribution in [3.05, 3.63) is 52.1 Å². The molecule has 0 aliphatic rings. The number of fused-ring (bicyclic) bond motifs is 1. The molecule has 0 radical (unpaired) electrons. The molecule has 8 heteroatoms. The molecule has 26 heavy (non-hydrogen) atoms. The molecule has 1 amide bonds. The van der Waals surface area contributed by atoms with Crippen LogP contribution in [-0.4, -0.2) is 25.1 Å². The number of nitrogens with one attached hydrogen (secondary N) is 1. The number of nitrogens with two attached hydrogens (primary N) is 1. The van der Waals surface area contributed by atoms with E-state index in [0.29, 0.717) is 43.8 Å². The number of hydrogen-bond acceptors (Lipinski definition) is 5. The molecule has 1 aromatic heterocycles. The van der Waals surface area contributed by atoms with E-state index in [1.807, 2.05) is 0 Å². The van der Waals surface area contributed by atoms with Crippen molar-refractivity contribution in [3.8, 4) is 11.5 Å². The Bertz CT molecular complexity index is 1010. The quantitative estimate of drug-likeness (QED) is 0.672. The SMILES string of the molecule is COc1ccc(Nc2c(C(N)=O)cnc3cc(Cl)c(Cl)cc23)c(OC)c1. The fourth-order valence-corrected chi connectivity index (χ4v) is 2.87. The fourth-order valence-electron chi connectivity index (χ4n) is 2.55. The highest BCUT2D eigenvalue weighted by Gasteiger charge is 2.17. The summed E-state index contributed by atoms with van der Waals surface area (Å²) in [6.07, 6.45) is 1.40. The predicted octanol–water partition coefficient (Wildman–Crippen LogP) is 4.40. The van der Waals surface area contributed by atoms with E-state index in [1.165, 1.54) is 13.3 Å². The number of carbonyl (C=O) groups excluding carboxylic acids is 1. The van der Waals surface area contributed by atoms with E-state index in [2.05, 4.69) is 10.3 Å². The highest BCUT2D eigenvalue weighted by atomic mass is 35.5. The fraction of sp³-hybridized carbons (Fsp3) is 0.111. The lowest BCUT2D eigenvalue weighted by molar-refractivity contribution is 0.100. The van der Waals surface area contributed by atoms with Gasteiger partial charge in [0.1, 0.15) is 11.5 Å². The van der Waals surface area contributed by atoms with Crippen LogP contribution < -0.4 is 20.5 Å².